The van der Waals surface area contributed by atoms with E-state index in [-0.39, 0.29) is 18.1 Å². The van der Waals surface area contributed by atoms with Gasteiger partial charge in [-0.2, -0.15) is 0 Å². The van der Waals surface area contributed by atoms with Crippen LogP contribution in [0.5, 0.6) is 11.5 Å². The molecule has 0 fully saturated rings. The van der Waals surface area contributed by atoms with Gasteiger partial charge in [0.25, 0.3) is 0 Å². The Bertz CT molecular complexity index is 391. The van der Waals surface area contributed by atoms with Gasteiger partial charge in [-0.15, -0.1) is 0 Å². The van der Waals surface area contributed by atoms with Crippen LogP contribution in [0.3, 0.4) is 0 Å². The first-order chi connectivity index (χ1) is 8.46. The van der Waals surface area contributed by atoms with E-state index in [1.807, 2.05) is 39.0 Å². The summed E-state index contributed by atoms with van der Waals surface area (Å²) in [6.07, 6.45) is 0. The van der Waals surface area contributed by atoms with Crippen LogP contribution in [0.25, 0.3) is 0 Å². The van der Waals surface area contributed by atoms with Crippen molar-refractivity contribution < 1.29 is 14.6 Å². The van der Waals surface area contributed by atoms with Crippen molar-refractivity contribution in [1.82, 2.24) is 0 Å². The number of ether oxygens (including phenoxy) is 2. The Hall–Kier alpha value is -1.26. The minimum absolute atomic E-state index is 0.0319. The fourth-order valence-corrected chi connectivity index (χ4v) is 1.70. The molecule has 4 heteroatoms. The summed E-state index contributed by atoms with van der Waals surface area (Å²) in [5, 5.41) is 9.36. The summed E-state index contributed by atoms with van der Waals surface area (Å²) in [5.74, 6) is 1.37. The van der Waals surface area contributed by atoms with Crippen molar-refractivity contribution in [2.24, 2.45) is 11.1 Å². The van der Waals surface area contributed by atoms with Crippen molar-refractivity contribution in [2.75, 3.05) is 20.3 Å². The van der Waals surface area contributed by atoms with Gasteiger partial charge >= 0.3 is 0 Å². The number of benzene rings is 1. The molecule has 18 heavy (non-hydrogen) atoms. The molecule has 0 unspecified atom stereocenters. The van der Waals surface area contributed by atoms with Crippen LogP contribution < -0.4 is 15.2 Å². The number of hydrogen-bond donors (Lipinski definition) is 2. The third-order valence-corrected chi connectivity index (χ3v) is 3.10. The zero-order chi connectivity index (χ0) is 13.8. The minimum Gasteiger partial charge on any atom is -0.493 e. The molecule has 0 saturated carbocycles. The molecule has 0 aliphatic carbocycles. The lowest BCUT2D eigenvalue weighted by Gasteiger charge is -2.30. The Balaban J connectivity index is 3.07. The Morgan fingerprint density at radius 3 is 2.50 bits per heavy atom. The van der Waals surface area contributed by atoms with Crippen molar-refractivity contribution in [2.45, 2.75) is 26.8 Å². The molecule has 1 atom stereocenters. The van der Waals surface area contributed by atoms with Crippen LogP contribution in [0, 0.1) is 5.41 Å². The molecule has 0 bridgehead atoms. The Morgan fingerprint density at radius 1 is 1.33 bits per heavy atom. The number of rotatable bonds is 6. The Labute approximate surface area is 109 Å². The van der Waals surface area contributed by atoms with Gasteiger partial charge in [0.1, 0.15) is 0 Å². The van der Waals surface area contributed by atoms with Crippen LogP contribution in [0.15, 0.2) is 18.2 Å². The van der Waals surface area contributed by atoms with E-state index in [0.717, 1.165) is 5.56 Å². The predicted molar refractivity (Wildman–Crippen MR) is 72.0 cm³/mol. The van der Waals surface area contributed by atoms with Crippen molar-refractivity contribution in [1.29, 1.82) is 0 Å². The molecule has 1 aromatic rings. The molecule has 1 aromatic carbocycles. The lowest BCUT2D eigenvalue weighted by molar-refractivity contribution is 0.132. The molecule has 1 rings (SSSR count). The molecular formula is C14H23NO3. The van der Waals surface area contributed by atoms with Gasteiger partial charge in [0.15, 0.2) is 11.5 Å². The number of hydrogen-bond acceptors (Lipinski definition) is 4. The maximum absolute atomic E-state index is 9.36. The average molecular weight is 253 g/mol. The average Bonchev–Trinajstić information content (AvgIpc) is 2.38. The van der Waals surface area contributed by atoms with Crippen LogP contribution in [-0.2, 0) is 0 Å². The molecule has 4 nitrogen and oxygen atoms in total. The number of aliphatic hydroxyl groups excluding tert-OH is 1. The maximum atomic E-state index is 9.36. The minimum atomic E-state index is -0.377. The number of nitrogens with two attached hydrogens (primary N) is 1. The molecule has 0 aliphatic heterocycles. The van der Waals surface area contributed by atoms with E-state index < -0.39 is 0 Å². The smallest absolute Gasteiger partial charge is 0.161 e. The van der Waals surface area contributed by atoms with Crippen molar-refractivity contribution >= 4 is 0 Å². The first-order valence-electron chi connectivity index (χ1n) is 6.13. The summed E-state index contributed by atoms with van der Waals surface area (Å²) in [7, 11) is 1.61. The quantitative estimate of drug-likeness (QED) is 0.815. The number of methoxy groups -OCH3 is 1. The van der Waals surface area contributed by atoms with Gasteiger partial charge in [-0.25, -0.2) is 0 Å². The van der Waals surface area contributed by atoms with Gasteiger partial charge in [0, 0.05) is 18.1 Å². The van der Waals surface area contributed by atoms with E-state index >= 15 is 0 Å². The molecule has 0 amide bonds. The van der Waals surface area contributed by atoms with Gasteiger partial charge in [-0.3, -0.25) is 0 Å². The SMILES string of the molecule is CCOc1cc([C@@H](N)C(C)(C)CO)ccc1OC. The van der Waals surface area contributed by atoms with Crippen LogP contribution in [0.2, 0.25) is 0 Å². The molecule has 3 N–H and O–H groups in total. The maximum Gasteiger partial charge on any atom is 0.161 e. The van der Waals surface area contributed by atoms with Crippen LogP contribution in [-0.4, -0.2) is 25.4 Å². The largest absolute Gasteiger partial charge is 0.493 e. The van der Waals surface area contributed by atoms with Crippen molar-refractivity contribution in [3.05, 3.63) is 23.8 Å². The van der Waals surface area contributed by atoms with E-state index in [1.54, 1.807) is 7.11 Å². The second-order valence-electron chi connectivity index (χ2n) is 4.97. The van der Waals surface area contributed by atoms with Crippen LogP contribution in [0.4, 0.5) is 0 Å². The van der Waals surface area contributed by atoms with Crippen molar-refractivity contribution in [3.8, 4) is 11.5 Å². The molecule has 0 spiro atoms. The Morgan fingerprint density at radius 2 is 2.00 bits per heavy atom. The summed E-state index contributed by atoms with van der Waals surface area (Å²) in [6, 6.07) is 5.37. The summed E-state index contributed by atoms with van der Waals surface area (Å²) < 4.78 is 10.8. The lowest BCUT2D eigenvalue weighted by Crippen LogP contribution is -2.32. The molecule has 0 aromatic heterocycles. The second-order valence-corrected chi connectivity index (χ2v) is 4.97. The second kappa shape index (κ2) is 6.07. The summed E-state index contributed by atoms with van der Waals surface area (Å²) in [4.78, 5) is 0. The first kappa shape index (κ1) is 14.8. The van der Waals surface area contributed by atoms with E-state index in [1.165, 1.54) is 0 Å². The van der Waals surface area contributed by atoms with Gasteiger partial charge in [-0.05, 0) is 24.6 Å². The van der Waals surface area contributed by atoms with E-state index in [9.17, 15) is 5.11 Å². The standard InChI is InChI=1S/C14H23NO3/c1-5-18-12-8-10(6-7-11(12)17-4)13(15)14(2,3)9-16/h6-8,13,16H,5,9,15H2,1-4H3/t13-/m1/s1. The highest BCUT2D eigenvalue weighted by atomic mass is 16.5. The topological polar surface area (TPSA) is 64.7 Å². The molecule has 0 saturated heterocycles. The third kappa shape index (κ3) is 3.15. The summed E-state index contributed by atoms with van der Waals surface area (Å²) in [6.45, 7) is 6.39. The molecule has 0 radical (unpaired) electrons. The predicted octanol–water partition coefficient (Wildman–Crippen LogP) is 2.11. The van der Waals surface area contributed by atoms with Crippen LogP contribution >= 0.6 is 0 Å². The monoisotopic (exact) mass is 253 g/mol. The highest BCUT2D eigenvalue weighted by Crippen LogP contribution is 2.35. The highest BCUT2D eigenvalue weighted by Gasteiger charge is 2.27. The summed E-state index contributed by atoms with van der Waals surface area (Å²) in [5.41, 5.74) is 6.74. The molecule has 0 heterocycles. The summed E-state index contributed by atoms with van der Waals surface area (Å²) >= 11 is 0. The van der Waals surface area contributed by atoms with Crippen molar-refractivity contribution in [3.63, 3.8) is 0 Å². The van der Waals surface area contributed by atoms with E-state index in [0.29, 0.717) is 18.1 Å². The molecule has 0 aliphatic rings. The van der Waals surface area contributed by atoms with Crippen LogP contribution in [0.1, 0.15) is 32.4 Å². The van der Waals surface area contributed by atoms with Gasteiger partial charge in [-0.1, -0.05) is 19.9 Å². The molecular weight excluding hydrogens is 230 g/mol. The zero-order valence-corrected chi connectivity index (χ0v) is 11.6. The Kier molecular flexibility index (Phi) is 4.99. The third-order valence-electron chi connectivity index (χ3n) is 3.10. The fraction of sp³-hybridized carbons (Fsp3) is 0.571. The zero-order valence-electron chi connectivity index (χ0n) is 11.6. The van der Waals surface area contributed by atoms with E-state index in [4.69, 9.17) is 15.2 Å². The van der Waals surface area contributed by atoms with Gasteiger partial charge in [0.2, 0.25) is 0 Å². The number of aliphatic hydroxyl groups is 1. The fourth-order valence-electron chi connectivity index (χ4n) is 1.70. The van der Waals surface area contributed by atoms with E-state index in [2.05, 4.69) is 0 Å². The molecule has 102 valence electrons. The van der Waals surface area contributed by atoms with Gasteiger partial charge < -0.3 is 20.3 Å². The lowest BCUT2D eigenvalue weighted by atomic mass is 9.82. The first-order valence-corrected chi connectivity index (χ1v) is 6.13. The normalized spacial score (nSPS) is 13.2. The van der Waals surface area contributed by atoms with Gasteiger partial charge in [0.05, 0.1) is 13.7 Å². The highest BCUT2D eigenvalue weighted by molar-refractivity contribution is 5.44.